The molecule has 1 saturated heterocycles. The first-order valence-electron chi connectivity index (χ1n) is 9.02. The zero-order valence-corrected chi connectivity index (χ0v) is 12.7. The Morgan fingerprint density at radius 1 is 0.667 bits per heavy atom. The van der Waals surface area contributed by atoms with Gasteiger partial charge in [0, 0.05) is 17.8 Å². The number of rotatable bonds is 1. The van der Waals surface area contributed by atoms with Crippen molar-refractivity contribution in [2.24, 2.45) is 29.6 Å². The fourth-order valence-corrected chi connectivity index (χ4v) is 5.95. The highest BCUT2D eigenvalue weighted by Gasteiger charge is 2.63. The van der Waals surface area contributed by atoms with Crippen molar-refractivity contribution in [2.75, 3.05) is 0 Å². The average Bonchev–Trinajstić information content (AvgIpc) is 2.53. The molecule has 5 aliphatic carbocycles. The van der Waals surface area contributed by atoms with Crippen LogP contribution in [0.2, 0.25) is 0 Å². The van der Waals surface area contributed by atoms with Gasteiger partial charge in [-0.3, -0.25) is 0 Å². The Morgan fingerprint density at radius 3 is 1.81 bits per heavy atom. The van der Waals surface area contributed by atoms with Crippen LogP contribution in [0.3, 0.4) is 0 Å². The molecule has 6 fully saturated rings. The molecule has 21 heavy (non-hydrogen) atoms. The van der Waals surface area contributed by atoms with Crippen LogP contribution in [0.4, 0.5) is 0 Å². The van der Waals surface area contributed by atoms with Crippen LogP contribution in [0.25, 0.3) is 0 Å². The van der Waals surface area contributed by atoms with Gasteiger partial charge in [0.25, 0.3) is 0 Å². The lowest BCUT2D eigenvalue weighted by atomic mass is 9.53. The van der Waals surface area contributed by atoms with Crippen LogP contribution in [0, 0.1) is 29.6 Å². The van der Waals surface area contributed by atoms with Crippen molar-refractivity contribution < 1.29 is 19.6 Å². The molecule has 0 unspecified atom stereocenters. The second kappa shape index (κ2) is 4.92. The summed E-state index contributed by atoms with van der Waals surface area (Å²) in [6.07, 6.45) is 12.2. The second-order valence-electron chi connectivity index (χ2n) is 8.15. The van der Waals surface area contributed by atoms with Crippen molar-refractivity contribution in [1.29, 1.82) is 0 Å². The third-order valence-electron chi connectivity index (χ3n) is 6.86. The van der Waals surface area contributed by atoms with E-state index in [1.165, 1.54) is 64.2 Å². The highest BCUT2D eigenvalue weighted by atomic mass is 17.4. The van der Waals surface area contributed by atoms with E-state index >= 15 is 0 Å². The van der Waals surface area contributed by atoms with E-state index in [0.717, 1.165) is 11.8 Å². The van der Waals surface area contributed by atoms with Gasteiger partial charge in [-0.05, 0) is 56.8 Å². The topological polar surface area (TPSA) is 36.9 Å². The van der Waals surface area contributed by atoms with E-state index in [0.29, 0.717) is 17.8 Å². The maximum atomic E-state index is 5.96. The molecule has 0 radical (unpaired) electrons. The van der Waals surface area contributed by atoms with E-state index in [9.17, 15) is 0 Å². The maximum Gasteiger partial charge on any atom is 0.239 e. The molecule has 0 aromatic heterocycles. The highest BCUT2D eigenvalue weighted by Crippen LogP contribution is 2.61. The van der Waals surface area contributed by atoms with Crippen molar-refractivity contribution in [3.8, 4) is 0 Å². The van der Waals surface area contributed by atoms with Crippen LogP contribution in [0.5, 0.6) is 0 Å². The highest BCUT2D eigenvalue weighted by molar-refractivity contribution is 5.03. The number of hydrogen-bond acceptors (Lipinski definition) is 4. The SMILES string of the molecule is C1CCC(C2OOC3(OO2)C2CC4CC(C2)CC3C4)CC1. The van der Waals surface area contributed by atoms with Crippen LogP contribution in [-0.4, -0.2) is 12.1 Å². The minimum Gasteiger partial charge on any atom is -0.198 e. The van der Waals surface area contributed by atoms with Crippen molar-refractivity contribution in [1.82, 2.24) is 0 Å². The predicted molar refractivity (Wildman–Crippen MR) is 74.5 cm³/mol. The van der Waals surface area contributed by atoms with Crippen LogP contribution < -0.4 is 0 Å². The normalized spacial score (nSPS) is 53.4. The molecule has 118 valence electrons. The zero-order valence-electron chi connectivity index (χ0n) is 12.7. The fourth-order valence-electron chi connectivity index (χ4n) is 5.95. The van der Waals surface area contributed by atoms with Gasteiger partial charge in [-0.15, -0.1) is 0 Å². The Kier molecular flexibility index (Phi) is 3.11. The molecule has 6 aliphatic rings. The van der Waals surface area contributed by atoms with Crippen molar-refractivity contribution in [2.45, 2.75) is 76.3 Å². The van der Waals surface area contributed by atoms with Gasteiger partial charge in [-0.1, -0.05) is 19.3 Å². The second-order valence-corrected chi connectivity index (χ2v) is 8.15. The van der Waals surface area contributed by atoms with Crippen molar-refractivity contribution in [3.05, 3.63) is 0 Å². The van der Waals surface area contributed by atoms with Crippen molar-refractivity contribution >= 4 is 0 Å². The minimum absolute atomic E-state index is 0.312. The molecule has 1 heterocycles. The van der Waals surface area contributed by atoms with E-state index in [4.69, 9.17) is 19.6 Å². The molecule has 4 nitrogen and oxygen atoms in total. The summed E-state index contributed by atoms with van der Waals surface area (Å²) in [4.78, 5) is 23.4. The van der Waals surface area contributed by atoms with Gasteiger partial charge in [0.1, 0.15) is 0 Å². The molecular weight excluding hydrogens is 268 g/mol. The van der Waals surface area contributed by atoms with E-state index in [2.05, 4.69) is 0 Å². The summed E-state index contributed by atoms with van der Waals surface area (Å²) in [5, 5.41) is 0. The third kappa shape index (κ3) is 2.03. The summed E-state index contributed by atoms with van der Waals surface area (Å²) < 4.78 is 0. The molecular formula is C17H26O4. The molecule has 0 N–H and O–H groups in total. The van der Waals surface area contributed by atoms with Crippen LogP contribution in [0.1, 0.15) is 64.2 Å². The molecule has 5 saturated carbocycles. The van der Waals surface area contributed by atoms with Gasteiger partial charge >= 0.3 is 0 Å². The summed E-state index contributed by atoms with van der Waals surface area (Å²) in [6, 6.07) is 0. The van der Waals surface area contributed by atoms with Gasteiger partial charge in [0.05, 0.1) is 0 Å². The molecule has 0 aromatic carbocycles. The molecule has 0 aromatic rings. The quantitative estimate of drug-likeness (QED) is 0.686. The standard InChI is InChI=1S/C17H26O4/c1-2-4-13(5-3-1)16-18-20-17(21-19-16)14-7-11-6-12(9-14)10-15(17)8-11/h11-16H,1-10H2. The van der Waals surface area contributed by atoms with E-state index in [-0.39, 0.29) is 6.29 Å². The first-order valence-corrected chi connectivity index (χ1v) is 9.02. The van der Waals surface area contributed by atoms with Gasteiger partial charge in [0.15, 0.2) is 0 Å². The van der Waals surface area contributed by atoms with Crippen LogP contribution >= 0.6 is 0 Å². The first-order chi connectivity index (χ1) is 10.3. The monoisotopic (exact) mass is 294 g/mol. The predicted octanol–water partition coefficient (Wildman–Crippen LogP) is 3.96. The summed E-state index contributed by atoms with van der Waals surface area (Å²) in [5.74, 6) is 2.58. The minimum atomic E-state index is -0.585. The van der Waals surface area contributed by atoms with E-state index < -0.39 is 5.79 Å². The van der Waals surface area contributed by atoms with Gasteiger partial charge in [0.2, 0.25) is 12.1 Å². The summed E-state index contributed by atoms with van der Waals surface area (Å²) in [5.41, 5.74) is 0. The Labute approximate surface area is 126 Å². The number of hydrogen-bond donors (Lipinski definition) is 0. The van der Waals surface area contributed by atoms with Crippen molar-refractivity contribution in [3.63, 3.8) is 0 Å². The smallest absolute Gasteiger partial charge is 0.198 e. The zero-order chi connectivity index (χ0) is 13.9. The summed E-state index contributed by atoms with van der Waals surface area (Å²) >= 11 is 0. The third-order valence-corrected chi connectivity index (χ3v) is 6.86. The molecule has 0 amide bonds. The Hall–Kier alpha value is -0.160. The molecule has 1 aliphatic heterocycles. The molecule has 6 rings (SSSR count). The molecule has 4 heteroatoms. The Morgan fingerprint density at radius 2 is 1.24 bits per heavy atom. The average molecular weight is 294 g/mol. The maximum absolute atomic E-state index is 5.96. The lowest BCUT2D eigenvalue weighted by Gasteiger charge is -2.59. The summed E-state index contributed by atoms with van der Waals surface area (Å²) in [7, 11) is 0. The largest absolute Gasteiger partial charge is 0.239 e. The Bertz CT molecular complexity index is 366. The van der Waals surface area contributed by atoms with Gasteiger partial charge in [-0.2, -0.15) is 19.6 Å². The van der Waals surface area contributed by atoms with Crippen LogP contribution in [0.15, 0.2) is 0 Å². The molecule has 0 atom stereocenters. The van der Waals surface area contributed by atoms with Gasteiger partial charge < -0.3 is 0 Å². The Balaban J connectivity index is 1.29. The molecule has 4 bridgehead atoms. The fraction of sp³-hybridized carbons (Fsp3) is 1.00. The first kappa shape index (κ1) is 13.3. The lowest BCUT2D eigenvalue weighted by Crippen LogP contribution is -2.63. The summed E-state index contributed by atoms with van der Waals surface area (Å²) in [6.45, 7) is 0. The lowest BCUT2D eigenvalue weighted by molar-refractivity contribution is -0.655. The van der Waals surface area contributed by atoms with Crippen LogP contribution in [-0.2, 0) is 19.6 Å². The molecule has 1 spiro atoms. The van der Waals surface area contributed by atoms with Gasteiger partial charge in [-0.25, -0.2) is 0 Å². The van der Waals surface area contributed by atoms with E-state index in [1.807, 2.05) is 0 Å². The van der Waals surface area contributed by atoms with E-state index in [1.54, 1.807) is 0 Å².